The summed E-state index contributed by atoms with van der Waals surface area (Å²) in [5, 5.41) is 40.2. The van der Waals surface area contributed by atoms with Crippen LogP contribution in [0.4, 0.5) is 5.69 Å². The number of likely N-dealkylation sites (tertiary alicyclic amines) is 1. The number of ether oxygens (including phenoxy) is 3. The lowest BCUT2D eigenvalue weighted by molar-refractivity contribution is -0.159. The second kappa shape index (κ2) is 21.1. The Morgan fingerprint density at radius 1 is 1.10 bits per heavy atom. The summed E-state index contributed by atoms with van der Waals surface area (Å²) in [6.07, 6.45) is 11.4. The number of nitrogens with two attached hydrogens (primary N) is 2. The Labute approximate surface area is 400 Å². The van der Waals surface area contributed by atoms with Crippen LogP contribution in [0.3, 0.4) is 0 Å². The van der Waals surface area contributed by atoms with Gasteiger partial charge in [-0.3, -0.25) is 24.4 Å². The summed E-state index contributed by atoms with van der Waals surface area (Å²) < 4.78 is 32.6. The minimum absolute atomic E-state index is 0.0261. The molecule has 0 radical (unpaired) electrons. The number of aliphatic hydroxyl groups is 1. The fourth-order valence-corrected chi connectivity index (χ4v) is 10.00. The zero-order chi connectivity index (χ0) is 50.0. The number of esters is 1. The molecule has 1 saturated heterocycles. The number of phenolic OH excluding ortho intramolecular Hbond substituents is 2. The summed E-state index contributed by atoms with van der Waals surface area (Å²) in [5.41, 5.74) is 5.78. The van der Waals surface area contributed by atoms with E-state index in [9.17, 15) is 33.9 Å². The first-order chi connectivity index (χ1) is 32.0. The topological polar surface area (TPSA) is 264 Å². The number of hydrogen-bond donors (Lipinski definition) is 7. The Bertz CT molecular complexity index is 2570. The SMILES string of the molecule is C/C1=C/C=C/C(C)C[C@@H](C)C(O)[C@@H](C)C(OC(=O)CN(N)/C=C(\N)CNS(C)=O)[C@H](C)C/C=C/OC2(C)Oc3c(C)c(O)c4c(O)c(c5c(c4c3C2=O)=NC2(CCN(CC(C)C)CC2)N=5)NC1=O. The van der Waals surface area contributed by atoms with Gasteiger partial charge in [0.05, 0.1) is 39.7 Å². The van der Waals surface area contributed by atoms with Crippen molar-refractivity contribution in [2.75, 3.05) is 44.3 Å². The molecular formula is C49H70N8O10S. The number of rotatable bonds is 9. The van der Waals surface area contributed by atoms with Crippen molar-refractivity contribution in [1.29, 1.82) is 0 Å². The van der Waals surface area contributed by atoms with Gasteiger partial charge in [-0.25, -0.2) is 14.8 Å². The Morgan fingerprint density at radius 2 is 1.78 bits per heavy atom. The summed E-state index contributed by atoms with van der Waals surface area (Å²) in [5.74, 6) is 0.810. The molecule has 5 heterocycles. The first-order valence-electron chi connectivity index (χ1n) is 23.4. The van der Waals surface area contributed by atoms with Crippen molar-refractivity contribution >= 4 is 45.1 Å². The van der Waals surface area contributed by atoms with Gasteiger partial charge >= 0.3 is 11.8 Å². The fourth-order valence-electron chi connectivity index (χ4n) is 9.63. The van der Waals surface area contributed by atoms with Crippen molar-refractivity contribution in [3.63, 3.8) is 0 Å². The summed E-state index contributed by atoms with van der Waals surface area (Å²) in [6, 6.07) is 0. The highest BCUT2D eigenvalue weighted by molar-refractivity contribution is 7.82. The van der Waals surface area contributed by atoms with Crippen LogP contribution in [0, 0.1) is 36.5 Å². The number of carbonyl (C=O) groups is 3. The molecule has 9 N–H and O–H groups in total. The number of allylic oxidation sites excluding steroid dienone is 4. The Hall–Kier alpha value is -5.34. The average molecular weight is 963 g/mol. The van der Waals surface area contributed by atoms with Crippen molar-refractivity contribution in [3.05, 3.63) is 69.9 Å². The highest BCUT2D eigenvalue weighted by atomic mass is 32.2. The minimum Gasteiger partial charge on any atom is -0.507 e. The van der Waals surface area contributed by atoms with Crippen LogP contribution in [-0.2, 0) is 30.0 Å². The molecular weight excluding hydrogens is 893 g/mol. The second-order valence-electron chi connectivity index (χ2n) is 19.7. The molecule has 8 atom stereocenters. The van der Waals surface area contributed by atoms with E-state index in [4.69, 9.17) is 35.8 Å². The van der Waals surface area contributed by atoms with E-state index in [-0.39, 0.29) is 86.8 Å². The molecule has 0 saturated carbocycles. The molecule has 5 bridgehead atoms. The Kier molecular flexibility index (Phi) is 16.2. The number of hydrazine groups is 1. The molecule has 0 aliphatic carbocycles. The maximum absolute atomic E-state index is 14.8. The monoisotopic (exact) mass is 962 g/mol. The van der Waals surface area contributed by atoms with Crippen molar-refractivity contribution in [2.24, 2.45) is 51.2 Å². The average Bonchev–Trinajstić information content (AvgIpc) is 3.77. The maximum Gasteiger partial charge on any atom is 0.327 e. The molecule has 19 heteroatoms. The van der Waals surface area contributed by atoms with Gasteiger partial charge in [0.15, 0.2) is 11.4 Å². The van der Waals surface area contributed by atoms with E-state index in [1.54, 1.807) is 32.1 Å². The molecule has 5 unspecified atom stereocenters. The smallest absolute Gasteiger partial charge is 0.327 e. The van der Waals surface area contributed by atoms with Crippen LogP contribution in [0.25, 0.3) is 10.8 Å². The van der Waals surface area contributed by atoms with E-state index in [1.807, 2.05) is 33.8 Å². The lowest BCUT2D eigenvalue weighted by Gasteiger charge is -2.36. The number of ketones is 1. The van der Waals surface area contributed by atoms with Gasteiger partial charge in [-0.15, -0.1) is 0 Å². The number of aliphatic hydroxyl groups excluding tert-OH is 1. The molecule has 68 heavy (non-hydrogen) atoms. The lowest BCUT2D eigenvalue weighted by atomic mass is 9.80. The fraction of sp³-hybridized carbons (Fsp3) is 0.571. The van der Waals surface area contributed by atoms with E-state index in [0.717, 1.165) is 11.6 Å². The largest absolute Gasteiger partial charge is 0.507 e. The molecule has 372 valence electrons. The quantitative estimate of drug-likeness (QED) is 0.0812. The van der Waals surface area contributed by atoms with Crippen molar-refractivity contribution in [3.8, 4) is 17.2 Å². The third-order valence-electron chi connectivity index (χ3n) is 13.3. The summed E-state index contributed by atoms with van der Waals surface area (Å²) in [4.78, 5) is 54.9. The number of phenols is 2. The van der Waals surface area contributed by atoms with Crippen LogP contribution in [-0.4, -0.2) is 110 Å². The third-order valence-corrected chi connectivity index (χ3v) is 13.9. The van der Waals surface area contributed by atoms with Crippen LogP contribution in [0.5, 0.6) is 17.2 Å². The number of piperidine rings is 1. The molecule has 18 nitrogen and oxygen atoms in total. The van der Waals surface area contributed by atoms with Gasteiger partial charge in [0.2, 0.25) is 0 Å². The van der Waals surface area contributed by atoms with E-state index >= 15 is 0 Å². The molecule has 2 aromatic carbocycles. The number of fused-ring (bicyclic) bond motifs is 13. The number of nitrogens with zero attached hydrogens (tertiary/aromatic N) is 4. The Balaban J connectivity index is 1.41. The second-order valence-corrected chi connectivity index (χ2v) is 20.9. The van der Waals surface area contributed by atoms with E-state index in [1.165, 1.54) is 25.6 Å². The van der Waals surface area contributed by atoms with Gasteiger partial charge in [0, 0.05) is 86.5 Å². The number of hydrogen-bond acceptors (Lipinski definition) is 16. The van der Waals surface area contributed by atoms with Crippen LogP contribution in [0.2, 0.25) is 0 Å². The maximum atomic E-state index is 14.8. The highest BCUT2D eigenvalue weighted by Gasteiger charge is 2.50. The normalized spacial score (nSPS) is 29.0. The van der Waals surface area contributed by atoms with Crippen LogP contribution >= 0.6 is 0 Å². The van der Waals surface area contributed by atoms with Gasteiger partial charge < -0.3 is 50.5 Å². The first-order valence-corrected chi connectivity index (χ1v) is 24.9. The molecule has 0 aromatic heterocycles. The molecule has 1 fully saturated rings. The number of carbonyl (C=O) groups excluding carboxylic acids is 3. The van der Waals surface area contributed by atoms with E-state index in [0.29, 0.717) is 43.8 Å². The minimum atomic E-state index is -1.93. The number of amides is 1. The van der Waals surface area contributed by atoms with Crippen molar-refractivity contribution in [2.45, 2.75) is 112 Å². The predicted molar refractivity (Wildman–Crippen MR) is 260 cm³/mol. The number of nitrogens with one attached hydrogen (secondary N) is 2. The molecule has 2 aromatic rings. The summed E-state index contributed by atoms with van der Waals surface area (Å²) in [7, 11) is -1.31. The molecule has 1 amide bonds. The van der Waals surface area contributed by atoms with Crippen LogP contribution < -0.4 is 37.1 Å². The van der Waals surface area contributed by atoms with Crippen molar-refractivity contribution < 1.29 is 48.1 Å². The molecule has 7 rings (SSSR count). The zero-order valence-corrected chi connectivity index (χ0v) is 41.7. The third kappa shape index (κ3) is 11.2. The predicted octanol–water partition coefficient (Wildman–Crippen LogP) is 3.99. The van der Waals surface area contributed by atoms with E-state index in [2.05, 4.69) is 28.8 Å². The number of aromatic hydroxyl groups is 2. The molecule has 5 aliphatic heterocycles. The number of Topliss-reactive ketones (excluding diaryl/α,β-unsaturated/α-hetero) is 1. The molecule has 1 spiro atoms. The van der Waals surface area contributed by atoms with Crippen molar-refractivity contribution in [1.82, 2.24) is 14.6 Å². The number of benzene rings is 2. The van der Waals surface area contributed by atoms with Gasteiger partial charge in [-0.2, -0.15) is 0 Å². The summed E-state index contributed by atoms with van der Waals surface area (Å²) >= 11 is 0. The van der Waals surface area contributed by atoms with Gasteiger partial charge in [0.25, 0.3) is 11.7 Å². The Morgan fingerprint density at radius 3 is 2.44 bits per heavy atom. The zero-order valence-electron chi connectivity index (χ0n) is 40.9. The highest BCUT2D eigenvalue weighted by Crippen LogP contribution is 2.50. The lowest BCUT2D eigenvalue weighted by Crippen LogP contribution is -2.43. The first kappa shape index (κ1) is 52.0. The number of anilines is 1. The standard InChI is InChI=1S/C49H70N8O10S/c1-26(2)23-56-18-16-49(17-19-56)54-38-35-36-42(60)32(8)45-37(35)46(62)48(9,67-45)65-20-12-15-28(4)44(66-34(58)25-57(51)24-33(50)22-52-68(10)64)31(7)41(59)30(6)21-27(3)13-11-14-29(5)47(63)53-40(43(36)61)39(38)55-49/h11-14,20,24,26-28,30-31,41,44,52,59-61H,15-19,21-23,25,50-51H2,1-10H3,(H,53,63)/b13-11+,20-12+,29-14-,33-24-/t27?,28-,30-,31-,41?,44?,48?,68?/m1/s1. The van der Waals surface area contributed by atoms with Gasteiger partial charge in [-0.1, -0.05) is 59.8 Å². The van der Waals surface area contributed by atoms with Gasteiger partial charge in [0.1, 0.15) is 35.2 Å². The summed E-state index contributed by atoms with van der Waals surface area (Å²) in [6.45, 7) is 18.6. The van der Waals surface area contributed by atoms with Crippen LogP contribution in [0.15, 0.2) is 58.0 Å². The molecule has 5 aliphatic rings. The van der Waals surface area contributed by atoms with E-state index < -0.39 is 69.9 Å². The van der Waals surface area contributed by atoms with Gasteiger partial charge in [-0.05, 0) is 56.4 Å². The van der Waals surface area contributed by atoms with Crippen LogP contribution in [0.1, 0.15) is 97.0 Å².